The molecule has 1 heterocycles. The van der Waals surface area contributed by atoms with Crippen LogP contribution in [0.15, 0.2) is 6.33 Å². The Kier molecular flexibility index (Phi) is 2.52. The van der Waals surface area contributed by atoms with Gasteiger partial charge in [0.1, 0.15) is 12.2 Å². The molecule has 1 atom stereocenters. The van der Waals surface area contributed by atoms with Crippen molar-refractivity contribution < 1.29 is 0 Å². The standard InChI is InChI=1S/C9H17N5/c1-6(9-13-11-5-14(9)2)12-8-3-7(10)4-8/h5-8,12H,3-4,10H2,1-2H3. The maximum absolute atomic E-state index is 5.72. The van der Waals surface area contributed by atoms with Gasteiger partial charge in [0.05, 0.1) is 6.04 Å². The summed E-state index contributed by atoms with van der Waals surface area (Å²) in [6, 6.07) is 1.19. The Morgan fingerprint density at radius 2 is 2.36 bits per heavy atom. The van der Waals surface area contributed by atoms with Crippen LogP contribution in [0.5, 0.6) is 0 Å². The molecule has 1 saturated carbocycles. The molecule has 1 aliphatic carbocycles. The second-order valence-corrected chi connectivity index (χ2v) is 4.12. The molecule has 78 valence electrons. The molecule has 0 spiro atoms. The predicted octanol–water partition coefficient (Wildman–Crippen LogP) is -0.0446. The molecule has 1 unspecified atom stereocenters. The first kappa shape index (κ1) is 9.61. The Hall–Kier alpha value is -0.940. The van der Waals surface area contributed by atoms with E-state index < -0.39 is 0 Å². The van der Waals surface area contributed by atoms with Crippen molar-refractivity contribution in [3.05, 3.63) is 12.2 Å². The molecule has 0 aliphatic heterocycles. The number of nitrogens with one attached hydrogen (secondary N) is 1. The van der Waals surface area contributed by atoms with E-state index in [-0.39, 0.29) is 6.04 Å². The summed E-state index contributed by atoms with van der Waals surface area (Å²) in [5.41, 5.74) is 5.72. The molecule has 1 aromatic rings. The molecule has 0 amide bonds. The van der Waals surface area contributed by atoms with Crippen molar-refractivity contribution in [3.8, 4) is 0 Å². The lowest BCUT2D eigenvalue weighted by molar-refractivity contribution is 0.267. The van der Waals surface area contributed by atoms with Gasteiger partial charge in [0.25, 0.3) is 0 Å². The van der Waals surface area contributed by atoms with Gasteiger partial charge in [-0.05, 0) is 19.8 Å². The monoisotopic (exact) mass is 195 g/mol. The zero-order valence-corrected chi connectivity index (χ0v) is 8.64. The minimum Gasteiger partial charge on any atom is -0.328 e. The van der Waals surface area contributed by atoms with Crippen molar-refractivity contribution in [3.63, 3.8) is 0 Å². The van der Waals surface area contributed by atoms with E-state index in [4.69, 9.17) is 5.73 Å². The summed E-state index contributed by atoms with van der Waals surface area (Å²) >= 11 is 0. The number of aryl methyl sites for hydroxylation is 1. The minimum absolute atomic E-state index is 0.250. The summed E-state index contributed by atoms with van der Waals surface area (Å²) < 4.78 is 1.94. The van der Waals surface area contributed by atoms with Gasteiger partial charge < -0.3 is 15.6 Å². The molecule has 14 heavy (non-hydrogen) atoms. The van der Waals surface area contributed by atoms with Crippen LogP contribution in [0.25, 0.3) is 0 Å². The lowest BCUT2D eigenvalue weighted by atomic mass is 9.87. The SMILES string of the molecule is CC(NC1CC(N)C1)c1nncn1C. The van der Waals surface area contributed by atoms with Gasteiger partial charge in [-0.25, -0.2) is 0 Å². The predicted molar refractivity (Wildman–Crippen MR) is 53.6 cm³/mol. The maximum Gasteiger partial charge on any atom is 0.149 e. The molecule has 3 N–H and O–H groups in total. The van der Waals surface area contributed by atoms with E-state index in [2.05, 4.69) is 22.4 Å². The highest BCUT2D eigenvalue weighted by atomic mass is 15.3. The number of hydrogen-bond acceptors (Lipinski definition) is 4. The number of nitrogens with zero attached hydrogens (tertiary/aromatic N) is 3. The highest BCUT2D eigenvalue weighted by molar-refractivity contribution is 4.96. The summed E-state index contributed by atoms with van der Waals surface area (Å²) in [5.74, 6) is 0.977. The summed E-state index contributed by atoms with van der Waals surface area (Å²) in [7, 11) is 1.96. The van der Waals surface area contributed by atoms with E-state index in [9.17, 15) is 0 Å². The fraction of sp³-hybridized carbons (Fsp3) is 0.778. The molecular weight excluding hydrogens is 178 g/mol. The Bertz CT molecular complexity index is 302. The molecular formula is C9H17N5. The van der Waals surface area contributed by atoms with Gasteiger partial charge in [-0.15, -0.1) is 10.2 Å². The number of aromatic nitrogens is 3. The van der Waals surface area contributed by atoms with Crippen LogP contribution in [0.4, 0.5) is 0 Å². The van der Waals surface area contributed by atoms with Crippen molar-refractivity contribution in [2.75, 3.05) is 0 Å². The van der Waals surface area contributed by atoms with Crippen LogP contribution < -0.4 is 11.1 Å². The number of nitrogens with two attached hydrogens (primary N) is 1. The van der Waals surface area contributed by atoms with Crippen LogP contribution in [0.3, 0.4) is 0 Å². The van der Waals surface area contributed by atoms with E-state index >= 15 is 0 Å². The third kappa shape index (κ3) is 1.78. The molecule has 0 radical (unpaired) electrons. The lowest BCUT2D eigenvalue weighted by Crippen LogP contribution is -2.49. The molecule has 1 fully saturated rings. The molecule has 2 rings (SSSR count). The Labute approximate surface area is 83.7 Å². The van der Waals surface area contributed by atoms with Gasteiger partial charge in [-0.2, -0.15) is 0 Å². The summed E-state index contributed by atoms with van der Waals surface area (Å²) in [6.45, 7) is 2.11. The highest BCUT2D eigenvalue weighted by Gasteiger charge is 2.27. The fourth-order valence-corrected chi connectivity index (χ4v) is 1.91. The van der Waals surface area contributed by atoms with E-state index in [1.165, 1.54) is 0 Å². The van der Waals surface area contributed by atoms with Crippen LogP contribution in [0.2, 0.25) is 0 Å². The van der Waals surface area contributed by atoms with Crippen LogP contribution in [-0.4, -0.2) is 26.8 Å². The Morgan fingerprint density at radius 1 is 1.64 bits per heavy atom. The van der Waals surface area contributed by atoms with Crippen molar-refractivity contribution in [1.29, 1.82) is 0 Å². The zero-order valence-electron chi connectivity index (χ0n) is 8.64. The molecule has 0 bridgehead atoms. The molecule has 1 aromatic heterocycles. The van der Waals surface area contributed by atoms with Crippen molar-refractivity contribution >= 4 is 0 Å². The second-order valence-electron chi connectivity index (χ2n) is 4.12. The minimum atomic E-state index is 0.250. The van der Waals surface area contributed by atoms with Crippen molar-refractivity contribution in [2.45, 2.75) is 37.9 Å². The number of hydrogen-bond donors (Lipinski definition) is 2. The van der Waals surface area contributed by atoms with Crippen LogP contribution >= 0.6 is 0 Å². The van der Waals surface area contributed by atoms with Gasteiger partial charge in [-0.1, -0.05) is 0 Å². The second kappa shape index (κ2) is 3.67. The van der Waals surface area contributed by atoms with Crippen LogP contribution in [0, 0.1) is 0 Å². The van der Waals surface area contributed by atoms with Gasteiger partial charge in [-0.3, -0.25) is 0 Å². The normalized spacial score (nSPS) is 28.5. The lowest BCUT2D eigenvalue weighted by Gasteiger charge is -2.35. The van der Waals surface area contributed by atoms with Gasteiger partial charge >= 0.3 is 0 Å². The largest absolute Gasteiger partial charge is 0.328 e. The van der Waals surface area contributed by atoms with Gasteiger partial charge in [0.2, 0.25) is 0 Å². The van der Waals surface area contributed by atoms with Crippen LogP contribution in [-0.2, 0) is 7.05 Å². The molecule has 5 heteroatoms. The third-order valence-electron chi connectivity index (χ3n) is 2.79. The first-order valence-corrected chi connectivity index (χ1v) is 5.02. The number of rotatable bonds is 3. The highest BCUT2D eigenvalue weighted by Crippen LogP contribution is 2.20. The maximum atomic E-state index is 5.72. The first-order chi connectivity index (χ1) is 6.66. The van der Waals surface area contributed by atoms with Crippen molar-refractivity contribution in [2.24, 2.45) is 12.8 Å². The van der Waals surface area contributed by atoms with E-state index in [1.54, 1.807) is 6.33 Å². The molecule has 5 nitrogen and oxygen atoms in total. The van der Waals surface area contributed by atoms with E-state index in [0.717, 1.165) is 18.7 Å². The molecule has 1 aliphatic rings. The average Bonchev–Trinajstić information content (AvgIpc) is 2.48. The quantitative estimate of drug-likeness (QED) is 0.710. The smallest absolute Gasteiger partial charge is 0.149 e. The van der Waals surface area contributed by atoms with Gasteiger partial charge in [0.15, 0.2) is 0 Å². The van der Waals surface area contributed by atoms with Gasteiger partial charge in [0, 0.05) is 19.1 Å². The Morgan fingerprint density at radius 3 is 2.86 bits per heavy atom. The first-order valence-electron chi connectivity index (χ1n) is 5.02. The molecule has 0 saturated heterocycles. The van der Waals surface area contributed by atoms with Crippen molar-refractivity contribution in [1.82, 2.24) is 20.1 Å². The summed E-state index contributed by atoms with van der Waals surface area (Å²) in [6.07, 6.45) is 3.87. The average molecular weight is 195 g/mol. The van der Waals surface area contributed by atoms with E-state index in [1.807, 2.05) is 11.6 Å². The van der Waals surface area contributed by atoms with Crippen LogP contribution in [0.1, 0.15) is 31.6 Å². The topological polar surface area (TPSA) is 68.8 Å². The van der Waals surface area contributed by atoms with E-state index in [0.29, 0.717) is 12.1 Å². The summed E-state index contributed by atoms with van der Waals surface area (Å²) in [4.78, 5) is 0. The molecule has 0 aromatic carbocycles. The summed E-state index contributed by atoms with van der Waals surface area (Å²) in [5, 5.41) is 11.4. The Balaban J connectivity index is 1.90. The zero-order chi connectivity index (χ0) is 10.1. The third-order valence-corrected chi connectivity index (χ3v) is 2.79. The fourth-order valence-electron chi connectivity index (χ4n) is 1.91.